The number of ketones is 1. The summed E-state index contributed by atoms with van der Waals surface area (Å²) in [5, 5.41) is 1.90. The molecule has 0 saturated carbocycles. The zero-order valence-corrected chi connectivity index (χ0v) is 17.8. The lowest BCUT2D eigenvalue weighted by Crippen LogP contribution is -3.15. The molecule has 154 valence electrons. The van der Waals surface area contributed by atoms with Gasteiger partial charge in [-0.3, -0.25) is 9.59 Å². The van der Waals surface area contributed by atoms with E-state index in [1.807, 2.05) is 22.4 Å². The first-order chi connectivity index (χ1) is 14.7. The molecule has 1 N–H and O–H groups in total. The molecule has 0 atom stereocenters. The molecule has 0 unspecified atom stereocenters. The highest BCUT2D eigenvalue weighted by atomic mass is 32.1. The summed E-state index contributed by atoms with van der Waals surface area (Å²) in [7, 11) is 0. The van der Waals surface area contributed by atoms with Crippen molar-refractivity contribution in [2.45, 2.75) is 18.9 Å². The molecule has 3 aromatic rings. The van der Waals surface area contributed by atoms with Gasteiger partial charge in [0.15, 0.2) is 5.78 Å². The van der Waals surface area contributed by atoms with Gasteiger partial charge in [-0.05, 0) is 11.4 Å². The highest BCUT2D eigenvalue weighted by Gasteiger charge is 2.31. The fraction of sp³-hybridized carbons (Fsp3) is 0.280. The van der Waals surface area contributed by atoms with Crippen molar-refractivity contribution in [3.05, 3.63) is 94.2 Å². The minimum Gasteiger partial charge on any atom is -0.331 e. The second-order valence-electron chi connectivity index (χ2n) is 7.69. The Morgan fingerprint density at radius 2 is 1.43 bits per heavy atom. The van der Waals surface area contributed by atoms with Crippen LogP contribution >= 0.6 is 11.3 Å². The van der Waals surface area contributed by atoms with E-state index in [2.05, 4.69) is 60.7 Å². The minimum absolute atomic E-state index is 0.0656. The Bertz CT molecular complexity index is 910. The zero-order valence-electron chi connectivity index (χ0n) is 17.0. The van der Waals surface area contributed by atoms with E-state index in [9.17, 15) is 9.59 Å². The molecular weight excluding hydrogens is 392 g/mol. The number of nitrogens with one attached hydrogen (secondary N) is 1. The fourth-order valence-corrected chi connectivity index (χ4v) is 4.92. The van der Waals surface area contributed by atoms with Crippen LogP contribution in [0.2, 0.25) is 0 Å². The fourth-order valence-electron chi connectivity index (χ4n) is 4.23. The summed E-state index contributed by atoms with van der Waals surface area (Å²) in [6.07, 6.45) is 0.593. The van der Waals surface area contributed by atoms with Crippen LogP contribution in [0.4, 0.5) is 0 Å². The largest absolute Gasteiger partial charge is 0.331 e. The van der Waals surface area contributed by atoms with Crippen molar-refractivity contribution in [3.8, 4) is 0 Å². The lowest BCUT2D eigenvalue weighted by Gasteiger charge is -2.37. The van der Waals surface area contributed by atoms with Crippen LogP contribution in [0.3, 0.4) is 0 Å². The van der Waals surface area contributed by atoms with Gasteiger partial charge < -0.3 is 9.80 Å². The number of Topliss-reactive ketones (excluding diaryl/α,β-unsaturated/α-hetero) is 1. The van der Waals surface area contributed by atoms with E-state index in [1.165, 1.54) is 27.4 Å². The number of hydrogen-bond donors (Lipinski definition) is 1. The Morgan fingerprint density at radius 3 is 1.97 bits per heavy atom. The number of hydrogen-bond acceptors (Lipinski definition) is 3. The average molecular weight is 420 g/mol. The smallest absolute Gasteiger partial charge is 0.223 e. The summed E-state index contributed by atoms with van der Waals surface area (Å²) in [6, 6.07) is 25.2. The maximum Gasteiger partial charge on any atom is 0.223 e. The number of carbonyl (C=O) groups excluding carboxylic acids is 2. The van der Waals surface area contributed by atoms with E-state index in [1.54, 1.807) is 0 Å². The van der Waals surface area contributed by atoms with Gasteiger partial charge in [0, 0.05) is 24.0 Å². The second-order valence-corrected chi connectivity index (χ2v) is 8.64. The molecule has 1 saturated heterocycles. The number of thiophene rings is 1. The Balaban J connectivity index is 1.37. The molecule has 4 rings (SSSR count). The predicted octanol–water partition coefficient (Wildman–Crippen LogP) is 3.23. The van der Waals surface area contributed by atoms with E-state index in [0.29, 0.717) is 12.8 Å². The van der Waals surface area contributed by atoms with E-state index >= 15 is 0 Å². The molecule has 0 spiro atoms. The standard InChI is InChI=1S/C25H26N2O2S/c28-22(23-12-7-19-30-23)13-14-24(29)26-15-17-27(18-16-26)25(20-8-3-1-4-9-20)21-10-5-2-6-11-21/h1-12,19,25H,13-18H2/p+1. The van der Waals surface area contributed by atoms with Crippen LogP contribution in [0.5, 0.6) is 0 Å². The summed E-state index contributed by atoms with van der Waals surface area (Å²) in [5.41, 5.74) is 2.61. The van der Waals surface area contributed by atoms with Gasteiger partial charge in [0.1, 0.15) is 6.04 Å². The molecule has 2 heterocycles. The van der Waals surface area contributed by atoms with E-state index in [0.717, 1.165) is 31.1 Å². The number of benzene rings is 2. The minimum atomic E-state index is 0.0656. The van der Waals surface area contributed by atoms with Crippen LogP contribution in [0.25, 0.3) is 0 Å². The number of amides is 1. The average Bonchev–Trinajstić information content (AvgIpc) is 3.35. The Labute approximate surface area is 181 Å². The summed E-state index contributed by atoms with van der Waals surface area (Å²) < 4.78 is 0. The maximum absolute atomic E-state index is 12.7. The van der Waals surface area contributed by atoms with Gasteiger partial charge in [-0.2, -0.15) is 0 Å². The SMILES string of the molecule is O=C(CCC(=O)N1CC[NH+](C(c2ccccc2)c2ccccc2)CC1)c1cccs1. The van der Waals surface area contributed by atoms with E-state index in [-0.39, 0.29) is 17.7 Å². The molecule has 5 heteroatoms. The van der Waals surface area contributed by atoms with Gasteiger partial charge in [0.05, 0.1) is 31.1 Å². The maximum atomic E-state index is 12.7. The van der Waals surface area contributed by atoms with Crippen molar-refractivity contribution in [2.24, 2.45) is 0 Å². The number of rotatable bonds is 7. The number of carbonyl (C=O) groups is 2. The molecule has 2 aromatic carbocycles. The van der Waals surface area contributed by atoms with Gasteiger partial charge in [0.2, 0.25) is 5.91 Å². The molecule has 30 heavy (non-hydrogen) atoms. The van der Waals surface area contributed by atoms with Crippen molar-refractivity contribution in [1.29, 1.82) is 0 Å². The Hall–Kier alpha value is -2.76. The van der Waals surface area contributed by atoms with Crippen LogP contribution < -0.4 is 4.90 Å². The first kappa shape index (κ1) is 20.5. The number of nitrogens with zero attached hydrogens (tertiary/aromatic N) is 1. The molecule has 1 fully saturated rings. The van der Waals surface area contributed by atoms with E-state index in [4.69, 9.17) is 0 Å². The zero-order chi connectivity index (χ0) is 20.8. The normalized spacial score (nSPS) is 14.8. The highest BCUT2D eigenvalue weighted by molar-refractivity contribution is 7.12. The third kappa shape index (κ3) is 4.86. The molecule has 1 aliphatic heterocycles. The third-order valence-corrected chi connectivity index (χ3v) is 6.71. The molecule has 1 amide bonds. The van der Waals surface area contributed by atoms with Crippen LogP contribution in [-0.4, -0.2) is 42.8 Å². The molecular formula is C25H27N2O2S+. The summed E-state index contributed by atoms with van der Waals surface area (Å²) in [5.74, 6) is 0.158. The molecule has 4 nitrogen and oxygen atoms in total. The van der Waals surface area contributed by atoms with Crippen molar-refractivity contribution in [2.75, 3.05) is 26.2 Å². The van der Waals surface area contributed by atoms with Crippen molar-refractivity contribution in [1.82, 2.24) is 4.90 Å². The predicted molar refractivity (Wildman–Crippen MR) is 120 cm³/mol. The van der Waals surface area contributed by atoms with Gasteiger partial charge in [0.25, 0.3) is 0 Å². The summed E-state index contributed by atoms with van der Waals surface area (Å²) in [4.78, 5) is 29.0. The van der Waals surface area contributed by atoms with Gasteiger partial charge in [-0.1, -0.05) is 66.7 Å². The molecule has 0 radical (unpaired) electrons. The lowest BCUT2D eigenvalue weighted by molar-refractivity contribution is -0.929. The molecule has 0 aliphatic carbocycles. The van der Waals surface area contributed by atoms with Crippen molar-refractivity contribution in [3.63, 3.8) is 0 Å². The summed E-state index contributed by atoms with van der Waals surface area (Å²) >= 11 is 1.44. The first-order valence-electron chi connectivity index (χ1n) is 10.5. The topological polar surface area (TPSA) is 41.8 Å². The summed E-state index contributed by atoms with van der Waals surface area (Å²) in [6.45, 7) is 3.27. The molecule has 1 aromatic heterocycles. The van der Waals surface area contributed by atoms with E-state index < -0.39 is 0 Å². The third-order valence-electron chi connectivity index (χ3n) is 5.79. The van der Waals surface area contributed by atoms with Crippen LogP contribution in [0, 0.1) is 0 Å². The monoisotopic (exact) mass is 419 g/mol. The Kier molecular flexibility index (Phi) is 6.72. The molecule has 1 aliphatic rings. The lowest BCUT2D eigenvalue weighted by atomic mass is 9.96. The van der Waals surface area contributed by atoms with Gasteiger partial charge >= 0.3 is 0 Å². The van der Waals surface area contributed by atoms with Crippen LogP contribution in [0.1, 0.15) is 39.7 Å². The molecule has 0 bridgehead atoms. The van der Waals surface area contributed by atoms with Crippen LogP contribution in [0.15, 0.2) is 78.2 Å². The van der Waals surface area contributed by atoms with Gasteiger partial charge in [-0.25, -0.2) is 0 Å². The Morgan fingerprint density at radius 1 is 0.833 bits per heavy atom. The number of quaternary nitrogens is 1. The highest BCUT2D eigenvalue weighted by Crippen LogP contribution is 2.19. The van der Waals surface area contributed by atoms with Crippen LogP contribution in [-0.2, 0) is 4.79 Å². The second kappa shape index (κ2) is 9.83. The van der Waals surface area contributed by atoms with Crippen molar-refractivity contribution < 1.29 is 14.5 Å². The van der Waals surface area contributed by atoms with Crippen molar-refractivity contribution >= 4 is 23.0 Å². The first-order valence-corrected chi connectivity index (χ1v) is 11.4. The number of piperazine rings is 1. The quantitative estimate of drug-likeness (QED) is 0.598. The van der Waals surface area contributed by atoms with Gasteiger partial charge in [-0.15, -0.1) is 11.3 Å².